The zero-order chi connectivity index (χ0) is 13.8. The number of benzene rings is 2. The Kier molecular flexibility index (Phi) is 4.70. The molecule has 0 amide bonds. The van der Waals surface area contributed by atoms with Crippen molar-refractivity contribution in [2.24, 2.45) is 0 Å². The molecule has 0 saturated heterocycles. The number of ether oxygens (including phenoxy) is 1. The summed E-state index contributed by atoms with van der Waals surface area (Å²) in [6.45, 7) is 1.93. The molecule has 0 heterocycles. The third-order valence-corrected chi connectivity index (χ3v) is 3.32. The Bertz CT molecular complexity index is 553. The van der Waals surface area contributed by atoms with Crippen molar-refractivity contribution < 1.29 is 9.84 Å². The molecule has 0 aliphatic heterocycles. The number of hydrogen-bond donors (Lipinski definition) is 1. The standard InChI is InChI=1S/C15H14Cl2O2/c1-2-14(18)10-3-6-12(7-4-10)19-15-9-11(16)5-8-13(15)17/h3-9,14,18H,2H2,1H3/t14-/m1/s1. The number of halogens is 2. The Labute approximate surface area is 122 Å². The van der Waals surface area contributed by atoms with Crippen LogP contribution in [-0.2, 0) is 0 Å². The molecule has 2 nitrogen and oxygen atoms in total. The highest BCUT2D eigenvalue weighted by Crippen LogP contribution is 2.32. The third-order valence-electron chi connectivity index (χ3n) is 2.77. The normalized spacial score (nSPS) is 12.2. The van der Waals surface area contributed by atoms with Gasteiger partial charge in [0.2, 0.25) is 0 Å². The van der Waals surface area contributed by atoms with Gasteiger partial charge in [-0.2, -0.15) is 0 Å². The molecule has 0 aliphatic rings. The third kappa shape index (κ3) is 3.63. The molecule has 100 valence electrons. The maximum atomic E-state index is 9.71. The Morgan fingerprint density at radius 2 is 1.79 bits per heavy atom. The molecule has 0 aliphatic carbocycles. The first-order valence-corrected chi connectivity index (χ1v) is 6.76. The zero-order valence-corrected chi connectivity index (χ0v) is 11.9. The zero-order valence-electron chi connectivity index (χ0n) is 10.4. The van der Waals surface area contributed by atoms with Crippen molar-refractivity contribution in [2.45, 2.75) is 19.4 Å². The summed E-state index contributed by atoms with van der Waals surface area (Å²) in [6, 6.07) is 12.3. The summed E-state index contributed by atoms with van der Waals surface area (Å²) in [5.74, 6) is 1.16. The molecule has 0 spiro atoms. The van der Waals surface area contributed by atoms with Crippen molar-refractivity contribution in [1.29, 1.82) is 0 Å². The molecule has 0 aromatic heterocycles. The first-order chi connectivity index (χ1) is 9.10. The fraction of sp³-hybridized carbons (Fsp3) is 0.200. The van der Waals surface area contributed by atoms with Crippen LogP contribution in [-0.4, -0.2) is 5.11 Å². The second-order valence-corrected chi connectivity index (χ2v) is 5.01. The molecule has 0 bridgehead atoms. The molecule has 1 N–H and O–H groups in total. The predicted molar refractivity (Wildman–Crippen MR) is 78.2 cm³/mol. The molecular weight excluding hydrogens is 283 g/mol. The highest BCUT2D eigenvalue weighted by molar-refractivity contribution is 6.34. The molecule has 4 heteroatoms. The maximum Gasteiger partial charge on any atom is 0.147 e. The molecule has 0 unspecified atom stereocenters. The fourth-order valence-corrected chi connectivity index (χ4v) is 1.99. The van der Waals surface area contributed by atoms with Crippen LogP contribution in [0.2, 0.25) is 10.0 Å². The average Bonchev–Trinajstić information content (AvgIpc) is 2.43. The summed E-state index contributed by atoms with van der Waals surface area (Å²) in [6.07, 6.45) is 0.240. The lowest BCUT2D eigenvalue weighted by Gasteiger charge is -2.11. The van der Waals surface area contributed by atoms with Crippen LogP contribution in [0.15, 0.2) is 42.5 Å². The maximum absolute atomic E-state index is 9.71. The molecule has 2 aromatic carbocycles. The van der Waals surface area contributed by atoms with Gasteiger partial charge in [-0.25, -0.2) is 0 Å². The van der Waals surface area contributed by atoms with Crippen molar-refractivity contribution in [2.75, 3.05) is 0 Å². The fourth-order valence-electron chi connectivity index (χ4n) is 1.68. The summed E-state index contributed by atoms with van der Waals surface area (Å²) in [5, 5.41) is 10.8. The quantitative estimate of drug-likeness (QED) is 0.837. The number of hydrogen-bond acceptors (Lipinski definition) is 2. The molecule has 1 atom stereocenters. The minimum atomic E-state index is -0.441. The smallest absolute Gasteiger partial charge is 0.147 e. The molecule has 19 heavy (non-hydrogen) atoms. The summed E-state index contributed by atoms with van der Waals surface area (Å²) in [7, 11) is 0. The molecule has 2 aromatic rings. The van der Waals surface area contributed by atoms with Gasteiger partial charge in [0, 0.05) is 11.1 Å². The highest BCUT2D eigenvalue weighted by Gasteiger charge is 2.07. The van der Waals surface area contributed by atoms with Gasteiger partial charge in [0.15, 0.2) is 0 Å². The first kappa shape index (κ1) is 14.2. The van der Waals surface area contributed by atoms with E-state index in [0.29, 0.717) is 28.0 Å². The van der Waals surface area contributed by atoms with Gasteiger partial charge in [-0.1, -0.05) is 42.3 Å². The lowest BCUT2D eigenvalue weighted by atomic mass is 10.1. The number of rotatable bonds is 4. The number of aliphatic hydroxyl groups excluding tert-OH is 1. The van der Waals surface area contributed by atoms with E-state index in [2.05, 4.69) is 0 Å². The van der Waals surface area contributed by atoms with Gasteiger partial charge in [-0.05, 0) is 36.2 Å². The van der Waals surface area contributed by atoms with Gasteiger partial charge in [-0.15, -0.1) is 0 Å². The van der Waals surface area contributed by atoms with E-state index in [-0.39, 0.29) is 0 Å². The molecule has 2 rings (SSSR count). The van der Waals surface area contributed by atoms with Gasteiger partial charge in [-0.3, -0.25) is 0 Å². The van der Waals surface area contributed by atoms with E-state index in [4.69, 9.17) is 27.9 Å². The van der Waals surface area contributed by atoms with E-state index < -0.39 is 6.10 Å². The minimum absolute atomic E-state index is 0.441. The average molecular weight is 297 g/mol. The SMILES string of the molecule is CC[C@@H](O)c1ccc(Oc2cc(Cl)ccc2Cl)cc1. The lowest BCUT2D eigenvalue weighted by molar-refractivity contribution is 0.173. The van der Waals surface area contributed by atoms with Crippen LogP contribution in [0.4, 0.5) is 0 Å². The van der Waals surface area contributed by atoms with Crippen LogP contribution in [0.25, 0.3) is 0 Å². The number of aliphatic hydroxyl groups is 1. The Morgan fingerprint density at radius 1 is 1.11 bits per heavy atom. The van der Waals surface area contributed by atoms with E-state index in [1.54, 1.807) is 30.3 Å². The van der Waals surface area contributed by atoms with Crippen molar-refractivity contribution in [1.82, 2.24) is 0 Å². The van der Waals surface area contributed by atoms with Gasteiger partial charge >= 0.3 is 0 Å². The highest BCUT2D eigenvalue weighted by atomic mass is 35.5. The van der Waals surface area contributed by atoms with Gasteiger partial charge in [0.1, 0.15) is 11.5 Å². The summed E-state index contributed by atoms with van der Waals surface area (Å²) in [4.78, 5) is 0. The monoisotopic (exact) mass is 296 g/mol. The van der Waals surface area contributed by atoms with E-state index in [1.165, 1.54) is 0 Å². The van der Waals surface area contributed by atoms with Crippen LogP contribution in [0.1, 0.15) is 25.0 Å². The second kappa shape index (κ2) is 6.29. The Hall–Kier alpha value is -1.22. The minimum Gasteiger partial charge on any atom is -0.456 e. The van der Waals surface area contributed by atoms with Gasteiger partial charge in [0.05, 0.1) is 11.1 Å². The lowest BCUT2D eigenvalue weighted by Crippen LogP contribution is -1.94. The molecule has 0 radical (unpaired) electrons. The second-order valence-electron chi connectivity index (χ2n) is 4.17. The topological polar surface area (TPSA) is 29.5 Å². The van der Waals surface area contributed by atoms with Crippen molar-refractivity contribution in [3.63, 3.8) is 0 Å². The largest absolute Gasteiger partial charge is 0.456 e. The van der Waals surface area contributed by atoms with Crippen LogP contribution in [0.3, 0.4) is 0 Å². The van der Waals surface area contributed by atoms with E-state index in [9.17, 15) is 5.11 Å². The summed E-state index contributed by atoms with van der Waals surface area (Å²) in [5.41, 5.74) is 0.868. The van der Waals surface area contributed by atoms with Crippen molar-refractivity contribution >= 4 is 23.2 Å². The summed E-state index contributed by atoms with van der Waals surface area (Å²) < 4.78 is 5.66. The first-order valence-electron chi connectivity index (χ1n) is 6.01. The summed E-state index contributed by atoms with van der Waals surface area (Å²) >= 11 is 11.9. The predicted octanol–water partition coefficient (Wildman–Crippen LogP) is 5.23. The van der Waals surface area contributed by atoms with Crippen molar-refractivity contribution in [3.05, 3.63) is 58.1 Å². The van der Waals surface area contributed by atoms with Crippen LogP contribution < -0.4 is 4.74 Å². The Morgan fingerprint density at radius 3 is 2.42 bits per heavy atom. The van der Waals surface area contributed by atoms with E-state index in [1.807, 2.05) is 19.1 Å². The van der Waals surface area contributed by atoms with Crippen LogP contribution >= 0.6 is 23.2 Å². The van der Waals surface area contributed by atoms with Gasteiger partial charge in [0.25, 0.3) is 0 Å². The van der Waals surface area contributed by atoms with E-state index >= 15 is 0 Å². The van der Waals surface area contributed by atoms with Crippen LogP contribution in [0.5, 0.6) is 11.5 Å². The molecule has 0 saturated carbocycles. The van der Waals surface area contributed by atoms with E-state index in [0.717, 1.165) is 5.56 Å². The molecule has 0 fully saturated rings. The van der Waals surface area contributed by atoms with Crippen molar-refractivity contribution in [3.8, 4) is 11.5 Å². The van der Waals surface area contributed by atoms with Gasteiger partial charge < -0.3 is 9.84 Å². The van der Waals surface area contributed by atoms with Crippen LogP contribution in [0, 0.1) is 0 Å². The molecular formula is C15H14Cl2O2. The Balaban J connectivity index is 2.17.